The molecule has 10 nitrogen and oxygen atoms in total. The van der Waals surface area contributed by atoms with E-state index >= 15 is 0 Å². The standard InChI is InChI=1S/C23H35N3O7S/c1-22(2,3)26(20(30)15(13-34)25-21(31)33-23(4,5)6)18(14-10-8-9-11-16(14)27)19(29)24-12-17(28)32-7/h8-11,15,18,27,34H,12-13H2,1-7H3,(H,24,29)(H,25,31). The van der Waals surface area contributed by atoms with Crippen LogP contribution in [0.4, 0.5) is 4.79 Å². The Morgan fingerprint density at radius 3 is 2.15 bits per heavy atom. The fourth-order valence-electron chi connectivity index (χ4n) is 3.09. The molecule has 0 saturated carbocycles. The van der Waals surface area contributed by atoms with Crippen molar-refractivity contribution in [1.82, 2.24) is 15.5 Å². The molecule has 0 radical (unpaired) electrons. The molecule has 0 aliphatic heterocycles. The number of amides is 3. The molecular formula is C23H35N3O7S. The first kappa shape index (κ1) is 29.1. The zero-order valence-corrected chi connectivity index (χ0v) is 21.6. The maximum Gasteiger partial charge on any atom is 0.408 e. The van der Waals surface area contributed by atoms with Crippen molar-refractivity contribution in [2.45, 2.75) is 64.8 Å². The maximum absolute atomic E-state index is 13.7. The van der Waals surface area contributed by atoms with Crippen molar-refractivity contribution in [3.8, 4) is 5.75 Å². The van der Waals surface area contributed by atoms with Crippen LogP contribution < -0.4 is 10.6 Å². The lowest BCUT2D eigenvalue weighted by atomic mass is 9.95. The number of carbonyl (C=O) groups excluding carboxylic acids is 4. The molecule has 190 valence electrons. The normalized spacial score (nSPS) is 13.3. The fraction of sp³-hybridized carbons (Fsp3) is 0.565. The van der Waals surface area contributed by atoms with Crippen LogP contribution in [0, 0.1) is 0 Å². The molecule has 1 rings (SSSR count). The van der Waals surface area contributed by atoms with E-state index in [9.17, 15) is 24.3 Å². The Labute approximate surface area is 205 Å². The Hall–Kier alpha value is -2.95. The molecule has 2 unspecified atom stereocenters. The van der Waals surface area contributed by atoms with Crippen molar-refractivity contribution in [2.75, 3.05) is 19.4 Å². The lowest BCUT2D eigenvalue weighted by Crippen LogP contribution is -2.59. The molecule has 0 bridgehead atoms. The zero-order valence-electron chi connectivity index (χ0n) is 20.7. The van der Waals surface area contributed by atoms with E-state index < -0.39 is 53.6 Å². The summed E-state index contributed by atoms with van der Waals surface area (Å²) < 4.78 is 9.82. The van der Waals surface area contributed by atoms with Gasteiger partial charge in [-0.2, -0.15) is 12.6 Å². The maximum atomic E-state index is 13.7. The first-order valence-corrected chi connectivity index (χ1v) is 11.3. The highest BCUT2D eigenvalue weighted by atomic mass is 32.1. The van der Waals surface area contributed by atoms with E-state index in [1.165, 1.54) is 24.1 Å². The van der Waals surface area contributed by atoms with Crippen LogP contribution in [0.2, 0.25) is 0 Å². The highest BCUT2D eigenvalue weighted by Crippen LogP contribution is 2.34. The molecule has 0 fully saturated rings. The van der Waals surface area contributed by atoms with Gasteiger partial charge in [0.15, 0.2) is 0 Å². The highest BCUT2D eigenvalue weighted by molar-refractivity contribution is 7.80. The van der Waals surface area contributed by atoms with Gasteiger partial charge in [-0.3, -0.25) is 14.4 Å². The number of nitrogens with one attached hydrogen (secondary N) is 2. The quantitative estimate of drug-likeness (QED) is 0.319. The van der Waals surface area contributed by atoms with Gasteiger partial charge in [-0.1, -0.05) is 18.2 Å². The number of nitrogens with zero attached hydrogens (tertiary/aromatic N) is 1. The Morgan fingerprint density at radius 1 is 1.09 bits per heavy atom. The number of hydrogen-bond donors (Lipinski definition) is 4. The number of rotatable bonds is 8. The van der Waals surface area contributed by atoms with Gasteiger partial charge >= 0.3 is 12.1 Å². The van der Waals surface area contributed by atoms with Gasteiger partial charge in [0.25, 0.3) is 0 Å². The van der Waals surface area contributed by atoms with Crippen LogP contribution in [-0.2, 0) is 23.9 Å². The number of phenols is 1. The molecule has 0 aliphatic carbocycles. The summed E-state index contributed by atoms with van der Waals surface area (Å²) in [6, 6.07) is 3.60. The summed E-state index contributed by atoms with van der Waals surface area (Å²) in [7, 11) is 1.18. The van der Waals surface area contributed by atoms with E-state index in [1.54, 1.807) is 53.7 Å². The van der Waals surface area contributed by atoms with Crippen LogP contribution >= 0.6 is 12.6 Å². The van der Waals surface area contributed by atoms with Gasteiger partial charge in [0.05, 0.1) is 7.11 Å². The van der Waals surface area contributed by atoms with Crippen LogP contribution in [0.25, 0.3) is 0 Å². The van der Waals surface area contributed by atoms with Crippen molar-refractivity contribution >= 4 is 36.5 Å². The van der Waals surface area contributed by atoms with E-state index in [4.69, 9.17) is 4.74 Å². The first-order chi connectivity index (χ1) is 15.6. The molecular weight excluding hydrogens is 462 g/mol. The van der Waals surface area contributed by atoms with Gasteiger partial charge in [-0.25, -0.2) is 4.79 Å². The van der Waals surface area contributed by atoms with Gasteiger partial charge in [-0.15, -0.1) is 0 Å². The molecule has 3 amide bonds. The number of aromatic hydroxyl groups is 1. The minimum Gasteiger partial charge on any atom is -0.508 e. The van der Waals surface area contributed by atoms with Gasteiger partial charge in [0.1, 0.15) is 30.0 Å². The molecule has 1 aromatic carbocycles. The summed E-state index contributed by atoms with van der Waals surface area (Å²) in [5.41, 5.74) is -1.60. The molecule has 3 N–H and O–H groups in total. The number of hydrogen-bond acceptors (Lipinski definition) is 8. The van der Waals surface area contributed by atoms with Crippen LogP contribution in [0.15, 0.2) is 24.3 Å². The number of phenolic OH excluding ortho intramolecular Hbond substituents is 1. The van der Waals surface area contributed by atoms with Gasteiger partial charge < -0.3 is 30.1 Å². The van der Waals surface area contributed by atoms with Crippen LogP contribution in [0.1, 0.15) is 53.1 Å². The zero-order chi connectivity index (χ0) is 26.3. The number of methoxy groups -OCH3 is 1. The second-order valence-corrected chi connectivity index (χ2v) is 9.88. The van der Waals surface area contributed by atoms with Crippen molar-refractivity contribution < 1.29 is 33.8 Å². The van der Waals surface area contributed by atoms with E-state index in [0.29, 0.717) is 0 Å². The monoisotopic (exact) mass is 497 g/mol. The molecule has 2 atom stereocenters. The van der Waals surface area contributed by atoms with Crippen LogP contribution in [-0.4, -0.2) is 70.5 Å². The summed E-state index contributed by atoms with van der Waals surface area (Å²) in [6.07, 6.45) is -0.817. The van der Waals surface area contributed by atoms with Gasteiger partial charge in [-0.05, 0) is 47.6 Å². The Balaban J connectivity index is 3.46. The molecule has 0 aromatic heterocycles. The second kappa shape index (κ2) is 12.0. The van der Waals surface area contributed by atoms with Crippen molar-refractivity contribution in [3.05, 3.63) is 29.8 Å². The Bertz CT molecular complexity index is 893. The van der Waals surface area contributed by atoms with E-state index in [1.807, 2.05) is 0 Å². The predicted octanol–water partition coefficient (Wildman–Crippen LogP) is 2.17. The average molecular weight is 498 g/mol. The summed E-state index contributed by atoms with van der Waals surface area (Å²) in [4.78, 5) is 52.1. The van der Waals surface area contributed by atoms with Gasteiger partial charge in [0.2, 0.25) is 11.8 Å². The minimum absolute atomic E-state index is 0.0814. The predicted molar refractivity (Wildman–Crippen MR) is 129 cm³/mol. The second-order valence-electron chi connectivity index (χ2n) is 9.52. The third-order valence-electron chi connectivity index (χ3n) is 4.50. The van der Waals surface area contributed by atoms with E-state index in [0.717, 1.165) is 0 Å². The molecule has 0 aliphatic rings. The number of thiol groups is 1. The number of carbonyl (C=O) groups is 4. The summed E-state index contributed by atoms with van der Waals surface area (Å²) >= 11 is 4.21. The van der Waals surface area contributed by atoms with Crippen molar-refractivity contribution in [2.24, 2.45) is 0 Å². The Kier molecular flexibility index (Phi) is 10.2. The van der Waals surface area contributed by atoms with Crippen molar-refractivity contribution in [3.63, 3.8) is 0 Å². The number of alkyl carbamates (subject to hydrolysis) is 1. The lowest BCUT2D eigenvalue weighted by molar-refractivity contribution is -0.149. The van der Waals surface area contributed by atoms with E-state index in [2.05, 4.69) is 28.0 Å². The third kappa shape index (κ3) is 8.44. The molecule has 0 heterocycles. The van der Waals surface area contributed by atoms with Crippen LogP contribution in [0.5, 0.6) is 5.75 Å². The molecule has 0 spiro atoms. The third-order valence-corrected chi connectivity index (χ3v) is 4.87. The molecule has 1 aromatic rings. The first-order valence-electron chi connectivity index (χ1n) is 10.7. The molecule has 34 heavy (non-hydrogen) atoms. The lowest BCUT2D eigenvalue weighted by Gasteiger charge is -2.43. The average Bonchev–Trinajstić information content (AvgIpc) is 2.71. The SMILES string of the molecule is COC(=O)CNC(=O)C(c1ccccc1O)N(C(=O)C(CS)NC(=O)OC(C)(C)C)C(C)(C)C. The largest absolute Gasteiger partial charge is 0.508 e. The van der Waals surface area contributed by atoms with Crippen LogP contribution in [0.3, 0.4) is 0 Å². The van der Waals surface area contributed by atoms with E-state index in [-0.39, 0.29) is 17.1 Å². The molecule has 0 saturated heterocycles. The number of ether oxygens (including phenoxy) is 2. The number of para-hydroxylation sites is 1. The fourth-order valence-corrected chi connectivity index (χ4v) is 3.34. The highest BCUT2D eigenvalue weighted by Gasteiger charge is 2.42. The van der Waals surface area contributed by atoms with Crippen molar-refractivity contribution in [1.29, 1.82) is 0 Å². The topological polar surface area (TPSA) is 134 Å². The molecule has 11 heteroatoms. The minimum atomic E-state index is -1.33. The summed E-state index contributed by atoms with van der Waals surface area (Å²) in [6.45, 7) is 9.73. The smallest absolute Gasteiger partial charge is 0.408 e. The number of benzene rings is 1. The Morgan fingerprint density at radius 2 is 1.68 bits per heavy atom. The number of esters is 1. The van der Waals surface area contributed by atoms with Gasteiger partial charge in [0, 0.05) is 16.9 Å². The summed E-state index contributed by atoms with van der Waals surface area (Å²) in [5.74, 6) is -2.33. The summed E-state index contributed by atoms with van der Waals surface area (Å²) in [5, 5.41) is 15.4.